The number of nitrogens with zero attached hydrogens (tertiary/aromatic N) is 2. The van der Waals surface area contributed by atoms with Gasteiger partial charge in [-0.1, -0.05) is 11.6 Å². The van der Waals surface area contributed by atoms with Crippen molar-refractivity contribution < 1.29 is 14.4 Å². The lowest BCUT2D eigenvalue weighted by Crippen LogP contribution is -2.54. The van der Waals surface area contributed by atoms with E-state index in [0.29, 0.717) is 10.7 Å². The number of urea groups is 1. The van der Waals surface area contributed by atoms with Crippen LogP contribution in [0.15, 0.2) is 42.1 Å². The molecule has 0 spiro atoms. The van der Waals surface area contributed by atoms with Gasteiger partial charge in [-0.3, -0.25) is 14.9 Å². The first-order chi connectivity index (χ1) is 12.3. The fraction of sp³-hybridized carbons (Fsp3) is 0.211. The molecule has 7 heteroatoms. The number of amides is 4. The first-order valence-electron chi connectivity index (χ1n) is 8.13. The van der Waals surface area contributed by atoms with E-state index in [0.717, 1.165) is 16.2 Å². The quantitative estimate of drug-likeness (QED) is 0.660. The van der Waals surface area contributed by atoms with E-state index in [-0.39, 0.29) is 11.6 Å². The Hall–Kier alpha value is -2.86. The van der Waals surface area contributed by atoms with Crippen LogP contribution < -0.4 is 10.2 Å². The van der Waals surface area contributed by atoms with Gasteiger partial charge in [-0.25, -0.2) is 9.69 Å². The Kier molecular flexibility index (Phi) is 4.70. The number of aryl methyl sites for hydroxylation is 1. The van der Waals surface area contributed by atoms with E-state index >= 15 is 0 Å². The van der Waals surface area contributed by atoms with Gasteiger partial charge in [0.05, 0.1) is 5.69 Å². The van der Waals surface area contributed by atoms with E-state index in [2.05, 4.69) is 5.32 Å². The molecule has 0 unspecified atom stereocenters. The smallest absolute Gasteiger partial charge is 0.335 e. The summed E-state index contributed by atoms with van der Waals surface area (Å²) < 4.78 is 2.04. The van der Waals surface area contributed by atoms with Crippen molar-refractivity contribution in [1.29, 1.82) is 0 Å². The van der Waals surface area contributed by atoms with Crippen LogP contribution in [0.25, 0.3) is 6.08 Å². The highest BCUT2D eigenvalue weighted by Crippen LogP contribution is 2.24. The third kappa shape index (κ3) is 3.28. The van der Waals surface area contributed by atoms with Gasteiger partial charge in [0.15, 0.2) is 0 Å². The maximum Gasteiger partial charge on any atom is 0.335 e. The number of rotatable bonds is 3. The molecule has 2 aromatic rings. The lowest BCUT2D eigenvalue weighted by molar-refractivity contribution is -0.122. The summed E-state index contributed by atoms with van der Waals surface area (Å²) in [5.74, 6) is -1.38. The summed E-state index contributed by atoms with van der Waals surface area (Å²) in [5, 5.41) is 2.69. The van der Waals surface area contributed by atoms with Crippen LogP contribution in [-0.4, -0.2) is 22.4 Å². The molecule has 1 aliphatic heterocycles. The molecule has 0 bridgehead atoms. The number of carbonyl (C=O) groups excluding carboxylic acids is 3. The number of aromatic nitrogens is 1. The third-order valence-corrected chi connectivity index (χ3v) is 4.38. The lowest BCUT2D eigenvalue weighted by atomic mass is 10.1. The van der Waals surface area contributed by atoms with Crippen molar-refractivity contribution in [3.05, 3.63) is 58.4 Å². The molecule has 0 aliphatic carbocycles. The Morgan fingerprint density at radius 3 is 2.35 bits per heavy atom. The fourth-order valence-electron chi connectivity index (χ4n) is 2.90. The maximum atomic E-state index is 12.8. The summed E-state index contributed by atoms with van der Waals surface area (Å²) in [6.45, 7) is 6.04. The molecule has 1 aromatic heterocycles. The number of nitrogens with one attached hydrogen (secondary N) is 1. The normalized spacial score (nSPS) is 16.6. The van der Waals surface area contributed by atoms with E-state index in [1.54, 1.807) is 24.3 Å². The molecular formula is C19H18ClN3O3. The minimum Gasteiger partial charge on any atom is -0.349 e. The molecule has 0 saturated carbocycles. The topological polar surface area (TPSA) is 71.4 Å². The van der Waals surface area contributed by atoms with Crippen molar-refractivity contribution in [2.24, 2.45) is 0 Å². The molecular weight excluding hydrogens is 354 g/mol. The SMILES string of the molecule is Cc1cc(/C=C2/C(=O)NC(=O)N(c3ccc(Cl)cc3)C2=O)cn1C(C)C. The monoisotopic (exact) mass is 371 g/mol. The van der Waals surface area contributed by atoms with Gasteiger partial charge >= 0.3 is 6.03 Å². The van der Waals surface area contributed by atoms with E-state index in [9.17, 15) is 14.4 Å². The second kappa shape index (κ2) is 6.80. The molecule has 6 nitrogen and oxygen atoms in total. The van der Waals surface area contributed by atoms with Crippen molar-refractivity contribution >= 4 is 41.2 Å². The van der Waals surface area contributed by atoms with Crippen LogP contribution >= 0.6 is 11.6 Å². The molecule has 0 atom stereocenters. The van der Waals surface area contributed by atoms with E-state index < -0.39 is 17.8 Å². The van der Waals surface area contributed by atoms with Crippen LogP contribution in [-0.2, 0) is 9.59 Å². The number of barbiturate groups is 1. The molecule has 1 N–H and O–H groups in total. The summed E-state index contributed by atoms with van der Waals surface area (Å²) in [6, 6.07) is 7.60. The predicted molar refractivity (Wildman–Crippen MR) is 100 cm³/mol. The molecule has 2 heterocycles. The van der Waals surface area contributed by atoms with Crippen LogP contribution in [0.1, 0.15) is 31.1 Å². The summed E-state index contributed by atoms with van der Waals surface area (Å²) >= 11 is 5.85. The average molecular weight is 372 g/mol. The van der Waals surface area contributed by atoms with E-state index in [4.69, 9.17) is 11.6 Å². The maximum absolute atomic E-state index is 12.8. The molecule has 4 amide bonds. The molecule has 1 fully saturated rings. The summed E-state index contributed by atoms with van der Waals surface area (Å²) in [5.41, 5.74) is 1.98. The van der Waals surface area contributed by atoms with Gasteiger partial charge < -0.3 is 4.57 Å². The second-order valence-corrected chi connectivity index (χ2v) is 6.79. The molecule has 26 heavy (non-hydrogen) atoms. The minimum atomic E-state index is -0.782. The highest BCUT2D eigenvalue weighted by molar-refractivity contribution is 6.39. The van der Waals surface area contributed by atoms with Crippen LogP contribution in [0.5, 0.6) is 0 Å². The summed E-state index contributed by atoms with van der Waals surface area (Å²) in [7, 11) is 0. The molecule has 3 rings (SSSR count). The highest BCUT2D eigenvalue weighted by atomic mass is 35.5. The van der Waals surface area contributed by atoms with Crippen molar-refractivity contribution in [1.82, 2.24) is 9.88 Å². The van der Waals surface area contributed by atoms with E-state index in [1.807, 2.05) is 37.6 Å². The molecule has 1 saturated heterocycles. The third-order valence-electron chi connectivity index (χ3n) is 4.12. The number of imide groups is 2. The molecule has 0 radical (unpaired) electrons. The number of anilines is 1. The zero-order valence-corrected chi connectivity index (χ0v) is 15.4. The first kappa shape index (κ1) is 17.9. The molecule has 134 valence electrons. The first-order valence-corrected chi connectivity index (χ1v) is 8.51. The van der Waals surface area contributed by atoms with E-state index in [1.165, 1.54) is 6.08 Å². The summed E-state index contributed by atoms with van der Waals surface area (Å²) in [4.78, 5) is 38.1. The highest BCUT2D eigenvalue weighted by Gasteiger charge is 2.36. The molecule has 1 aliphatic rings. The fourth-order valence-corrected chi connectivity index (χ4v) is 3.03. The van der Waals surface area contributed by atoms with Gasteiger partial charge in [0.2, 0.25) is 0 Å². The number of halogens is 1. The van der Waals surface area contributed by atoms with Crippen molar-refractivity contribution in [2.45, 2.75) is 26.8 Å². The Balaban J connectivity index is 2.00. The van der Waals surface area contributed by atoms with Crippen molar-refractivity contribution in [3.63, 3.8) is 0 Å². The van der Waals surface area contributed by atoms with Crippen LogP contribution in [0, 0.1) is 6.92 Å². The number of carbonyl (C=O) groups is 3. The zero-order chi connectivity index (χ0) is 19.0. The Bertz CT molecular complexity index is 926. The lowest BCUT2D eigenvalue weighted by Gasteiger charge is -2.26. The minimum absolute atomic E-state index is 0.0968. The second-order valence-electron chi connectivity index (χ2n) is 6.35. The van der Waals surface area contributed by atoms with Crippen LogP contribution in [0.3, 0.4) is 0 Å². The number of benzene rings is 1. The van der Waals surface area contributed by atoms with Gasteiger partial charge in [-0.15, -0.1) is 0 Å². The Morgan fingerprint density at radius 1 is 1.12 bits per heavy atom. The van der Waals surface area contributed by atoms with Gasteiger partial charge in [0.1, 0.15) is 5.57 Å². The van der Waals surface area contributed by atoms with Crippen molar-refractivity contribution in [2.75, 3.05) is 4.90 Å². The average Bonchev–Trinajstić information content (AvgIpc) is 2.94. The zero-order valence-electron chi connectivity index (χ0n) is 14.6. The molecule has 1 aromatic carbocycles. The van der Waals surface area contributed by atoms with Crippen LogP contribution in [0.2, 0.25) is 5.02 Å². The number of hydrogen-bond acceptors (Lipinski definition) is 3. The largest absolute Gasteiger partial charge is 0.349 e. The van der Waals surface area contributed by atoms with Gasteiger partial charge in [-0.2, -0.15) is 0 Å². The van der Waals surface area contributed by atoms with Gasteiger partial charge in [0.25, 0.3) is 11.8 Å². The van der Waals surface area contributed by atoms with Gasteiger partial charge in [-0.05, 0) is 62.7 Å². The standard InChI is InChI=1S/C19H18ClN3O3/c1-11(2)22-10-13(8-12(22)3)9-16-17(24)21-19(26)23(18(16)25)15-6-4-14(20)5-7-15/h4-11H,1-3H3,(H,21,24,26)/b16-9-. The Morgan fingerprint density at radius 2 is 1.77 bits per heavy atom. The predicted octanol–water partition coefficient (Wildman–Crippen LogP) is 3.70. The summed E-state index contributed by atoms with van der Waals surface area (Å²) in [6.07, 6.45) is 3.37. The van der Waals surface area contributed by atoms with Crippen LogP contribution in [0.4, 0.5) is 10.5 Å². The Labute approximate surface area is 156 Å². The van der Waals surface area contributed by atoms with Gasteiger partial charge in [0, 0.05) is 23.0 Å². The van der Waals surface area contributed by atoms with Crippen molar-refractivity contribution in [3.8, 4) is 0 Å². The number of hydrogen-bond donors (Lipinski definition) is 1.